The average molecular weight is 343 g/mol. The number of hydrogen-bond acceptors (Lipinski definition) is 6. The fourth-order valence-corrected chi connectivity index (χ4v) is 2.38. The summed E-state index contributed by atoms with van der Waals surface area (Å²) in [6.07, 6.45) is 5.32. The predicted octanol–water partition coefficient (Wildman–Crippen LogP) is 2.39. The molecular formula is C18H17NO6. The van der Waals surface area contributed by atoms with Gasteiger partial charge in [-0.05, 0) is 47.0 Å². The second-order valence-electron chi connectivity index (χ2n) is 5.21. The molecule has 0 saturated carbocycles. The maximum absolute atomic E-state index is 12.5. The monoisotopic (exact) mass is 343 g/mol. The van der Waals surface area contributed by atoms with E-state index in [1.54, 1.807) is 30.3 Å². The molecule has 0 spiro atoms. The standard InChI is InChI=1S/C18H17NO6/c1-2-12-3-4-17(15(6-12)9-20)18(21)19-16-7-13(10-24-22)5-14(8-16)11-25-23/h1,3-8,20,22-23H,9-11H2,(H,19,21). The van der Waals surface area contributed by atoms with Crippen LogP contribution in [-0.2, 0) is 29.6 Å². The normalized spacial score (nSPS) is 10.3. The molecule has 0 aliphatic rings. The van der Waals surface area contributed by atoms with Gasteiger partial charge in [-0.25, -0.2) is 9.78 Å². The van der Waals surface area contributed by atoms with Crippen LogP contribution >= 0.6 is 0 Å². The maximum Gasteiger partial charge on any atom is 0.256 e. The molecule has 2 rings (SSSR count). The topological polar surface area (TPSA) is 108 Å². The minimum absolute atomic E-state index is 0.0963. The van der Waals surface area contributed by atoms with E-state index in [-0.39, 0.29) is 25.4 Å². The summed E-state index contributed by atoms with van der Waals surface area (Å²) in [5, 5.41) is 29.3. The molecule has 4 N–H and O–H groups in total. The first kappa shape index (κ1) is 18.6. The second kappa shape index (κ2) is 8.94. The van der Waals surface area contributed by atoms with Crippen LogP contribution in [0.25, 0.3) is 0 Å². The highest BCUT2D eigenvalue weighted by molar-refractivity contribution is 6.05. The van der Waals surface area contributed by atoms with Crippen molar-refractivity contribution >= 4 is 11.6 Å². The zero-order valence-corrected chi connectivity index (χ0v) is 13.2. The fraction of sp³-hybridized carbons (Fsp3) is 0.167. The van der Waals surface area contributed by atoms with Gasteiger partial charge in [0.15, 0.2) is 0 Å². The molecule has 0 fully saturated rings. The van der Waals surface area contributed by atoms with E-state index in [2.05, 4.69) is 21.0 Å². The number of aliphatic hydroxyl groups excluding tert-OH is 1. The lowest BCUT2D eigenvalue weighted by molar-refractivity contribution is -0.254. The van der Waals surface area contributed by atoms with Crippen molar-refractivity contribution < 1.29 is 30.2 Å². The average Bonchev–Trinajstić information content (AvgIpc) is 2.61. The molecule has 2 aromatic carbocycles. The molecule has 0 bridgehead atoms. The number of hydrogen-bond donors (Lipinski definition) is 4. The van der Waals surface area contributed by atoms with Crippen LogP contribution in [0.2, 0.25) is 0 Å². The Bertz CT molecular complexity index is 772. The van der Waals surface area contributed by atoms with Crippen molar-refractivity contribution in [1.82, 2.24) is 0 Å². The summed E-state index contributed by atoms with van der Waals surface area (Å²) in [5.41, 5.74) is 2.79. The summed E-state index contributed by atoms with van der Waals surface area (Å²) < 4.78 is 0. The van der Waals surface area contributed by atoms with E-state index in [1.165, 1.54) is 6.07 Å². The van der Waals surface area contributed by atoms with Crippen LogP contribution in [0.1, 0.15) is 32.6 Å². The van der Waals surface area contributed by atoms with Crippen LogP contribution in [0.15, 0.2) is 36.4 Å². The van der Waals surface area contributed by atoms with Crippen LogP contribution in [0.3, 0.4) is 0 Å². The Morgan fingerprint density at radius 2 is 1.72 bits per heavy atom. The number of anilines is 1. The Morgan fingerprint density at radius 1 is 1.08 bits per heavy atom. The lowest BCUT2D eigenvalue weighted by Crippen LogP contribution is -2.15. The number of benzene rings is 2. The molecule has 0 aliphatic heterocycles. The van der Waals surface area contributed by atoms with E-state index in [1.807, 2.05) is 0 Å². The zero-order chi connectivity index (χ0) is 18.2. The summed E-state index contributed by atoms with van der Waals surface area (Å²) in [5.74, 6) is 2.00. The molecule has 0 unspecified atom stereocenters. The molecule has 25 heavy (non-hydrogen) atoms. The van der Waals surface area contributed by atoms with Crippen molar-refractivity contribution in [2.45, 2.75) is 19.8 Å². The highest BCUT2D eigenvalue weighted by Gasteiger charge is 2.13. The number of carbonyl (C=O) groups is 1. The largest absolute Gasteiger partial charge is 0.392 e. The first-order chi connectivity index (χ1) is 12.1. The third kappa shape index (κ3) is 4.87. The number of amides is 1. The van der Waals surface area contributed by atoms with E-state index in [0.29, 0.717) is 27.9 Å². The highest BCUT2D eigenvalue weighted by atomic mass is 17.1. The molecule has 0 aromatic heterocycles. The van der Waals surface area contributed by atoms with Crippen molar-refractivity contribution in [2.75, 3.05) is 5.32 Å². The smallest absolute Gasteiger partial charge is 0.256 e. The van der Waals surface area contributed by atoms with Crippen LogP contribution in [0, 0.1) is 12.3 Å². The van der Waals surface area contributed by atoms with Gasteiger partial charge < -0.3 is 10.4 Å². The predicted molar refractivity (Wildman–Crippen MR) is 89.5 cm³/mol. The second-order valence-corrected chi connectivity index (χ2v) is 5.21. The molecule has 0 aliphatic carbocycles. The first-order valence-electron chi connectivity index (χ1n) is 7.28. The number of terminal acetylenes is 1. The first-order valence-corrected chi connectivity index (χ1v) is 7.28. The quantitative estimate of drug-likeness (QED) is 0.349. The van der Waals surface area contributed by atoms with Crippen molar-refractivity contribution in [3.63, 3.8) is 0 Å². The zero-order valence-electron chi connectivity index (χ0n) is 13.2. The van der Waals surface area contributed by atoms with E-state index in [0.717, 1.165) is 0 Å². The minimum Gasteiger partial charge on any atom is -0.392 e. The number of rotatable bonds is 7. The molecule has 0 heterocycles. The molecule has 2 aromatic rings. The third-order valence-corrected chi connectivity index (χ3v) is 3.46. The van der Waals surface area contributed by atoms with Gasteiger partial charge in [0.2, 0.25) is 0 Å². The maximum atomic E-state index is 12.5. The van der Waals surface area contributed by atoms with Gasteiger partial charge in [0.05, 0.1) is 6.61 Å². The summed E-state index contributed by atoms with van der Waals surface area (Å²) in [6.45, 7) is -0.526. The summed E-state index contributed by atoms with van der Waals surface area (Å²) in [6, 6.07) is 9.55. The Balaban J connectivity index is 2.29. The molecule has 0 radical (unpaired) electrons. The lowest BCUT2D eigenvalue weighted by Gasteiger charge is -2.12. The van der Waals surface area contributed by atoms with Crippen LogP contribution in [0.4, 0.5) is 5.69 Å². The molecule has 7 heteroatoms. The molecule has 7 nitrogen and oxygen atoms in total. The van der Waals surface area contributed by atoms with Crippen molar-refractivity contribution in [1.29, 1.82) is 0 Å². The van der Waals surface area contributed by atoms with Gasteiger partial charge in [-0.15, -0.1) is 6.42 Å². The van der Waals surface area contributed by atoms with Gasteiger partial charge >= 0.3 is 0 Å². The molecule has 0 saturated heterocycles. The highest BCUT2D eigenvalue weighted by Crippen LogP contribution is 2.19. The van der Waals surface area contributed by atoms with Gasteiger partial charge in [0.1, 0.15) is 13.2 Å². The molecule has 0 atom stereocenters. The fourth-order valence-electron chi connectivity index (χ4n) is 2.38. The Kier molecular flexibility index (Phi) is 6.65. The minimum atomic E-state index is -0.439. The Hall–Kier alpha value is -2.73. The molecular weight excluding hydrogens is 326 g/mol. The van der Waals surface area contributed by atoms with Crippen molar-refractivity contribution in [3.8, 4) is 12.3 Å². The van der Waals surface area contributed by atoms with Gasteiger partial charge in [0.25, 0.3) is 5.91 Å². The Labute approximate surface area is 144 Å². The van der Waals surface area contributed by atoms with Gasteiger partial charge in [-0.2, -0.15) is 0 Å². The van der Waals surface area contributed by atoms with E-state index < -0.39 is 5.91 Å². The van der Waals surface area contributed by atoms with Crippen molar-refractivity contribution in [3.05, 3.63) is 64.2 Å². The van der Waals surface area contributed by atoms with Gasteiger partial charge in [-0.1, -0.05) is 12.0 Å². The molecule has 130 valence electrons. The van der Waals surface area contributed by atoms with Gasteiger partial charge in [-0.3, -0.25) is 15.3 Å². The lowest BCUT2D eigenvalue weighted by atomic mass is 10.0. The van der Waals surface area contributed by atoms with E-state index in [9.17, 15) is 9.90 Å². The SMILES string of the molecule is C#Cc1ccc(C(=O)Nc2cc(COO)cc(COO)c2)c(CO)c1. The molecule has 1 amide bonds. The van der Waals surface area contributed by atoms with E-state index in [4.69, 9.17) is 16.9 Å². The van der Waals surface area contributed by atoms with Crippen LogP contribution in [0.5, 0.6) is 0 Å². The van der Waals surface area contributed by atoms with Crippen LogP contribution in [-0.4, -0.2) is 21.5 Å². The number of aliphatic hydroxyl groups is 1. The van der Waals surface area contributed by atoms with Crippen LogP contribution < -0.4 is 5.32 Å². The summed E-state index contributed by atoms with van der Waals surface area (Å²) >= 11 is 0. The summed E-state index contributed by atoms with van der Waals surface area (Å²) in [7, 11) is 0. The Morgan fingerprint density at radius 3 is 2.24 bits per heavy atom. The number of nitrogens with one attached hydrogen (secondary N) is 1. The van der Waals surface area contributed by atoms with Gasteiger partial charge in [0, 0.05) is 16.8 Å². The third-order valence-electron chi connectivity index (χ3n) is 3.46. The van der Waals surface area contributed by atoms with E-state index >= 15 is 0 Å². The number of carbonyl (C=O) groups excluding carboxylic acids is 1. The van der Waals surface area contributed by atoms with Crippen molar-refractivity contribution in [2.24, 2.45) is 0 Å². The summed E-state index contributed by atoms with van der Waals surface area (Å²) in [4.78, 5) is 20.7.